The first-order valence-electron chi connectivity index (χ1n) is 8.90. The minimum absolute atomic E-state index is 0.0973. The summed E-state index contributed by atoms with van der Waals surface area (Å²) in [6.45, 7) is 4.36. The molecular weight excluding hydrogens is 316 g/mol. The van der Waals surface area contributed by atoms with Gasteiger partial charge in [-0.3, -0.25) is 9.48 Å². The van der Waals surface area contributed by atoms with Crippen molar-refractivity contribution >= 4 is 11.6 Å². The fourth-order valence-electron chi connectivity index (χ4n) is 4.03. The Kier molecular flexibility index (Phi) is 4.21. The van der Waals surface area contributed by atoms with Crippen LogP contribution in [-0.4, -0.2) is 35.4 Å². The number of ether oxygens (including phenoxy) is 1. The van der Waals surface area contributed by atoms with Gasteiger partial charge in [0.2, 0.25) is 5.91 Å². The van der Waals surface area contributed by atoms with Crippen LogP contribution in [0.5, 0.6) is 5.75 Å². The maximum atomic E-state index is 13.3. The standard InChI is InChI=1S/C19H24N4O2/c1-3-23-15(8-9-21-23)12-22(14-4-6-16(25-2)7-5-14)19(24)18-13-10-17(18)20-11-13/h4-9,13,17-18,20H,3,10-12H2,1-2H3/t13-,17-,18+/m0/s1. The van der Waals surface area contributed by atoms with Crippen LogP contribution in [0.1, 0.15) is 19.0 Å². The molecule has 1 aliphatic carbocycles. The van der Waals surface area contributed by atoms with Crippen LogP contribution in [0.4, 0.5) is 5.69 Å². The molecule has 2 saturated heterocycles. The number of fused-ring (bicyclic) bond motifs is 1. The van der Waals surface area contributed by atoms with E-state index in [1.54, 1.807) is 13.3 Å². The predicted octanol–water partition coefficient (Wildman–Crippen LogP) is 2.05. The summed E-state index contributed by atoms with van der Waals surface area (Å²) in [5, 5.41) is 7.78. The lowest BCUT2D eigenvalue weighted by Crippen LogP contribution is -2.49. The Morgan fingerprint density at radius 1 is 1.36 bits per heavy atom. The van der Waals surface area contributed by atoms with E-state index >= 15 is 0 Å². The number of hydrogen-bond donors (Lipinski definition) is 1. The van der Waals surface area contributed by atoms with Crippen LogP contribution in [0.3, 0.4) is 0 Å². The van der Waals surface area contributed by atoms with Crippen molar-refractivity contribution in [1.29, 1.82) is 0 Å². The van der Waals surface area contributed by atoms with Crippen molar-refractivity contribution in [2.45, 2.75) is 32.5 Å². The van der Waals surface area contributed by atoms with Crippen LogP contribution in [0.2, 0.25) is 0 Å². The molecule has 2 aliphatic heterocycles. The maximum Gasteiger partial charge on any atom is 0.232 e. The number of nitrogens with zero attached hydrogens (tertiary/aromatic N) is 3. The lowest BCUT2D eigenvalue weighted by molar-refractivity contribution is -0.126. The quantitative estimate of drug-likeness (QED) is 0.874. The molecule has 25 heavy (non-hydrogen) atoms. The third kappa shape index (κ3) is 2.80. The number of carbonyl (C=O) groups is 1. The zero-order chi connectivity index (χ0) is 17.4. The lowest BCUT2D eigenvalue weighted by Gasteiger charge is -2.37. The molecular formula is C19H24N4O2. The van der Waals surface area contributed by atoms with E-state index < -0.39 is 0 Å². The van der Waals surface area contributed by atoms with Crippen LogP contribution < -0.4 is 15.0 Å². The normalized spacial score (nSPS) is 24.0. The first-order valence-corrected chi connectivity index (χ1v) is 8.90. The Morgan fingerprint density at radius 2 is 2.16 bits per heavy atom. The average Bonchev–Trinajstić information content (AvgIpc) is 3.36. The monoisotopic (exact) mass is 340 g/mol. The minimum Gasteiger partial charge on any atom is -0.497 e. The average molecular weight is 340 g/mol. The summed E-state index contributed by atoms with van der Waals surface area (Å²) in [5.41, 5.74) is 1.95. The van der Waals surface area contributed by atoms with Gasteiger partial charge in [0.25, 0.3) is 0 Å². The van der Waals surface area contributed by atoms with Crippen molar-refractivity contribution in [3.63, 3.8) is 0 Å². The third-order valence-electron chi connectivity index (χ3n) is 5.50. The second-order valence-corrected chi connectivity index (χ2v) is 6.80. The first kappa shape index (κ1) is 16.1. The van der Waals surface area contributed by atoms with E-state index in [9.17, 15) is 4.79 Å². The number of aromatic nitrogens is 2. The fourth-order valence-corrected chi connectivity index (χ4v) is 4.03. The van der Waals surface area contributed by atoms with Gasteiger partial charge in [0.1, 0.15) is 5.75 Å². The van der Waals surface area contributed by atoms with Gasteiger partial charge in [-0.05, 0) is 56.1 Å². The third-order valence-corrected chi connectivity index (χ3v) is 5.50. The summed E-state index contributed by atoms with van der Waals surface area (Å²) in [7, 11) is 1.65. The zero-order valence-corrected chi connectivity index (χ0v) is 14.7. The molecule has 2 bridgehead atoms. The molecule has 1 saturated carbocycles. The highest BCUT2D eigenvalue weighted by atomic mass is 16.5. The molecule has 1 amide bonds. The molecule has 1 aromatic heterocycles. The number of anilines is 1. The van der Waals surface area contributed by atoms with Gasteiger partial charge in [-0.1, -0.05) is 0 Å². The van der Waals surface area contributed by atoms with Gasteiger partial charge in [-0.25, -0.2) is 0 Å². The van der Waals surface area contributed by atoms with E-state index in [0.29, 0.717) is 18.5 Å². The second kappa shape index (κ2) is 6.52. The summed E-state index contributed by atoms with van der Waals surface area (Å²) in [6.07, 6.45) is 2.92. The Morgan fingerprint density at radius 3 is 2.76 bits per heavy atom. The molecule has 2 aromatic rings. The Labute approximate surface area is 147 Å². The maximum absolute atomic E-state index is 13.3. The molecule has 0 radical (unpaired) electrons. The molecule has 3 fully saturated rings. The number of rotatable bonds is 6. The Balaban J connectivity index is 1.63. The molecule has 0 spiro atoms. The summed E-state index contributed by atoms with van der Waals surface area (Å²) in [4.78, 5) is 15.2. The van der Waals surface area contributed by atoms with Crippen LogP contribution in [0.15, 0.2) is 36.5 Å². The van der Waals surface area contributed by atoms with Crippen LogP contribution >= 0.6 is 0 Å². The molecule has 5 rings (SSSR count). The van der Waals surface area contributed by atoms with Crippen molar-refractivity contribution in [2.75, 3.05) is 18.6 Å². The van der Waals surface area contributed by atoms with Gasteiger partial charge in [-0.2, -0.15) is 5.10 Å². The molecule has 0 unspecified atom stereocenters. The van der Waals surface area contributed by atoms with Gasteiger partial charge in [0.05, 0.1) is 25.3 Å². The number of aryl methyl sites for hydroxylation is 1. The van der Waals surface area contributed by atoms with E-state index in [2.05, 4.69) is 17.3 Å². The lowest BCUT2D eigenvalue weighted by atomic mass is 9.73. The van der Waals surface area contributed by atoms with E-state index in [4.69, 9.17) is 4.74 Å². The predicted molar refractivity (Wildman–Crippen MR) is 95.5 cm³/mol. The second-order valence-electron chi connectivity index (χ2n) is 6.80. The zero-order valence-electron chi connectivity index (χ0n) is 14.7. The van der Waals surface area contributed by atoms with Crippen molar-refractivity contribution in [2.24, 2.45) is 11.8 Å². The summed E-state index contributed by atoms with van der Waals surface area (Å²) < 4.78 is 7.19. The first-order chi connectivity index (χ1) is 12.2. The molecule has 1 aromatic carbocycles. The van der Waals surface area contributed by atoms with Crippen LogP contribution in [0, 0.1) is 11.8 Å². The number of carbonyl (C=O) groups excluding carboxylic acids is 1. The van der Waals surface area contributed by atoms with E-state index in [-0.39, 0.29) is 11.8 Å². The van der Waals surface area contributed by atoms with Gasteiger partial charge in [0, 0.05) is 24.5 Å². The highest BCUT2D eigenvalue weighted by Crippen LogP contribution is 2.42. The van der Waals surface area contributed by atoms with E-state index in [1.807, 2.05) is 39.9 Å². The summed E-state index contributed by atoms with van der Waals surface area (Å²) in [6, 6.07) is 10.0. The van der Waals surface area contributed by atoms with Gasteiger partial charge in [-0.15, -0.1) is 0 Å². The fraction of sp³-hybridized carbons (Fsp3) is 0.474. The van der Waals surface area contributed by atoms with Crippen molar-refractivity contribution in [3.8, 4) is 5.75 Å². The highest BCUT2D eigenvalue weighted by Gasteiger charge is 2.52. The molecule has 6 nitrogen and oxygen atoms in total. The smallest absolute Gasteiger partial charge is 0.232 e. The molecule has 132 valence electrons. The number of amides is 1. The van der Waals surface area contributed by atoms with Gasteiger partial charge in [0.15, 0.2) is 0 Å². The van der Waals surface area contributed by atoms with Gasteiger partial charge >= 0.3 is 0 Å². The van der Waals surface area contributed by atoms with Crippen molar-refractivity contribution < 1.29 is 9.53 Å². The van der Waals surface area contributed by atoms with Gasteiger partial charge < -0.3 is 15.0 Å². The highest BCUT2D eigenvalue weighted by molar-refractivity contribution is 5.96. The van der Waals surface area contributed by atoms with E-state index in [1.165, 1.54) is 0 Å². The number of nitrogens with one attached hydrogen (secondary N) is 1. The SMILES string of the molecule is CCn1nccc1CN(C(=O)[C@@H]1[C@@H]2CN[C@H]1C2)c1ccc(OC)cc1. The molecule has 6 heteroatoms. The molecule has 3 heterocycles. The molecule has 1 N–H and O–H groups in total. The largest absolute Gasteiger partial charge is 0.497 e. The number of hydrogen-bond acceptors (Lipinski definition) is 4. The molecule has 3 aliphatic rings. The van der Waals surface area contributed by atoms with Crippen LogP contribution in [-0.2, 0) is 17.9 Å². The minimum atomic E-state index is 0.0973. The van der Waals surface area contributed by atoms with Crippen molar-refractivity contribution in [3.05, 3.63) is 42.2 Å². The number of benzene rings is 1. The molecule has 3 atom stereocenters. The Hall–Kier alpha value is -2.34. The number of methoxy groups -OCH3 is 1. The summed E-state index contributed by atoms with van der Waals surface area (Å²) >= 11 is 0. The Bertz CT molecular complexity index is 741. The van der Waals surface area contributed by atoms with Crippen molar-refractivity contribution in [1.82, 2.24) is 15.1 Å². The van der Waals surface area contributed by atoms with E-state index in [0.717, 1.165) is 36.6 Å². The topological polar surface area (TPSA) is 59.4 Å². The van der Waals surface area contributed by atoms with Crippen LogP contribution in [0.25, 0.3) is 0 Å². The summed E-state index contributed by atoms with van der Waals surface area (Å²) in [5.74, 6) is 1.58.